The first-order valence-corrected chi connectivity index (χ1v) is 6.47. The average Bonchev–Trinajstić information content (AvgIpc) is 2.38. The third-order valence-corrected chi connectivity index (χ3v) is 2.22. The molecule has 10 heteroatoms. The molecule has 0 aliphatic heterocycles. The number of hydroxylamine groups is 4. The number of hydrogen-bond acceptors (Lipinski definition) is 10. The van der Waals surface area contributed by atoms with Crippen LogP contribution >= 0.6 is 0 Å². The van der Waals surface area contributed by atoms with Crippen LogP contribution in [0.1, 0.15) is 27.7 Å². The van der Waals surface area contributed by atoms with Gasteiger partial charge in [-0.25, -0.2) is 9.59 Å². The van der Waals surface area contributed by atoms with Crippen molar-refractivity contribution >= 4 is 11.9 Å². The van der Waals surface area contributed by atoms with E-state index in [0.717, 1.165) is 0 Å². The number of aliphatic hydroxyl groups is 4. The molecule has 0 heterocycles. The minimum Gasteiger partial charge on any atom is -0.375 e. The lowest BCUT2D eigenvalue weighted by Gasteiger charge is -2.25. The van der Waals surface area contributed by atoms with Gasteiger partial charge >= 0.3 is 11.9 Å². The van der Waals surface area contributed by atoms with Gasteiger partial charge in [0.2, 0.25) is 0 Å². The summed E-state index contributed by atoms with van der Waals surface area (Å²) in [5.74, 6) is -2.08. The van der Waals surface area contributed by atoms with Crippen LogP contribution < -0.4 is 0 Å². The molecular weight excluding hydrogens is 300 g/mol. The van der Waals surface area contributed by atoms with Crippen molar-refractivity contribution in [1.29, 1.82) is 0 Å². The predicted octanol–water partition coefficient (Wildman–Crippen LogP) is -1.58. The zero-order valence-corrected chi connectivity index (χ0v) is 12.8. The maximum absolute atomic E-state index is 11.4. The molecule has 22 heavy (non-hydrogen) atoms. The van der Waals surface area contributed by atoms with Gasteiger partial charge in [0.1, 0.15) is 24.9 Å². The van der Waals surface area contributed by atoms with E-state index in [4.69, 9.17) is 0 Å². The van der Waals surface area contributed by atoms with Crippen LogP contribution in [0.2, 0.25) is 0 Å². The normalized spacial score (nSPS) is 17.4. The van der Waals surface area contributed by atoms with Gasteiger partial charge in [-0.05, 0) is 27.7 Å². The number of aliphatic hydroxyl groups excluding tert-OH is 4. The van der Waals surface area contributed by atoms with Crippen molar-refractivity contribution in [3.63, 3.8) is 0 Å². The quantitative estimate of drug-likeness (QED) is 0.235. The summed E-state index contributed by atoms with van der Waals surface area (Å²) in [7, 11) is 0. The molecule has 0 aliphatic carbocycles. The maximum Gasteiger partial charge on any atom is 0.350 e. The SMILES string of the molecule is CC(O)N(OC(=O)/C=C\C(=O)ON(C(C)O)C(C)O)C(C)O. The smallest absolute Gasteiger partial charge is 0.350 e. The Morgan fingerprint density at radius 1 is 0.727 bits per heavy atom. The summed E-state index contributed by atoms with van der Waals surface area (Å²) < 4.78 is 0. The van der Waals surface area contributed by atoms with Crippen molar-refractivity contribution in [1.82, 2.24) is 10.1 Å². The highest BCUT2D eigenvalue weighted by Gasteiger charge is 2.22. The fourth-order valence-electron chi connectivity index (χ4n) is 1.33. The van der Waals surface area contributed by atoms with Crippen LogP contribution in [-0.2, 0) is 19.3 Å². The number of hydrogen-bond donors (Lipinski definition) is 4. The molecule has 0 bridgehead atoms. The second-order valence-corrected chi connectivity index (χ2v) is 4.40. The van der Waals surface area contributed by atoms with Crippen molar-refractivity contribution in [2.75, 3.05) is 0 Å². The van der Waals surface area contributed by atoms with Crippen LogP contribution in [0.3, 0.4) is 0 Å². The summed E-state index contributed by atoms with van der Waals surface area (Å²) >= 11 is 0. The van der Waals surface area contributed by atoms with E-state index in [1.165, 1.54) is 27.7 Å². The minimum atomic E-state index is -1.26. The molecule has 0 rings (SSSR count). The topological polar surface area (TPSA) is 140 Å². The largest absolute Gasteiger partial charge is 0.375 e. The molecule has 4 N–H and O–H groups in total. The lowest BCUT2D eigenvalue weighted by Crippen LogP contribution is -2.41. The molecule has 0 radical (unpaired) electrons. The Labute approximate surface area is 127 Å². The molecule has 0 saturated carbocycles. The van der Waals surface area contributed by atoms with Crippen molar-refractivity contribution in [2.24, 2.45) is 0 Å². The highest BCUT2D eigenvalue weighted by atomic mass is 16.7. The first-order valence-electron chi connectivity index (χ1n) is 6.47. The van der Waals surface area contributed by atoms with Crippen LogP contribution in [0.4, 0.5) is 0 Å². The van der Waals surface area contributed by atoms with E-state index in [0.29, 0.717) is 22.3 Å². The van der Waals surface area contributed by atoms with E-state index < -0.39 is 36.9 Å². The number of nitrogens with zero attached hydrogens (tertiary/aromatic N) is 2. The molecule has 0 saturated heterocycles. The van der Waals surface area contributed by atoms with Crippen molar-refractivity contribution in [3.8, 4) is 0 Å². The Hall–Kier alpha value is -1.56. The van der Waals surface area contributed by atoms with Crippen LogP contribution in [0, 0.1) is 0 Å². The Bertz CT molecular complexity index is 343. The first kappa shape index (κ1) is 20.4. The molecule has 0 aliphatic rings. The van der Waals surface area contributed by atoms with E-state index in [1.807, 2.05) is 0 Å². The van der Waals surface area contributed by atoms with E-state index in [9.17, 15) is 30.0 Å². The van der Waals surface area contributed by atoms with E-state index in [1.54, 1.807) is 0 Å². The molecule has 128 valence electrons. The maximum atomic E-state index is 11.4. The summed E-state index contributed by atoms with van der Waals surface area (Å²) in [6.45, 7) is 5.06. The summed E-state index contributed by atoms with van der Waals surface area (Å²) in [6, 6.07) is 0. The molecule has 4 unspecified atom stereocenters. The lowest BCUT2D eigenvalue weighted by molar-refractivity contribution is -0.274. The van der Waals surface area contributed by atoms with Crippen LogP contribution in [0.15, 0.2) is 12.2 Å². The van der Waals surface area contributed by atoms with Gasteiger partial charge < -0.3 is 30.1 Å². The predicted molar refractivity (Wildman–Crippen MR) is 71.7 cm³/mol. The summed E-state index contributed by atoms with van der Waals surface area (Å²) in [6.07, 6.45) is -3.64. The molecule has 0 aromatic heterocycles. The lowest BCUT2D eigenvalue weighted by atomic mass is 10.5. The van der Waals surface area contributed by atoms with Gasteiger partial charge in [0.25, 0.3) is 0 Å². The van der Waals surface area contributed by atoms with Crippen molar-refractivity contribution in [2.45, 2.75) is 52.6 Å². The molecule has 0 amide bonds. The fourth-order valence-corrected chi connectivity index (χ4v) is 1.33. The highest BCUT2D eigenvalue weighted by Crippen LogP contribution is 2.05. The summed E-state index contributed by atoms with van der Waals surface area (Å²) in [4.78, 5) is 32.1. The zero-order valence-electron chi connectivity index (χ0n) is 12.8. The van der Waals surface area contributed by atoms with Gasteiger partial charge in [-0.2, -0.15) is 0 Å². The van der Waals surface area contributed by atoms with Gasteiger partial charge in [-0.3, -0.25) is 0 Å². The molecule has 0 aromatic carbocycles. The molecule has 0 aromatic rings. The summed E-state index contributed by atoms with van der Waals surface area (Å²) in [5.41, 5.74) is 0. The molecule has 0 fully saturated rings. The fraction of sp³-hybridized carbons (Fsp3) is 0.667. The van der Waals surface area contributed by atoms with Gasteiger partial charge in [0, 0.05) is 12.2 Å². The van der Waals surface area contributed by atoms with Gasteiger partial charge in [-0.1, -0.05) is 10.1 Å². The number of rotatable bonds is 8. The Kier molecular flexibility index (Phi) is 8.79. The van der Waals surface area contributed by atoms with Crippen LogP contribution in [0.5, 0.6) is 0 Å². The van der Waals surface area contributed by atoms with Crippen molar-refractivity contribution < 1.29 is 39.7 Å². The highest BCUT2D eigenvalue weighted by molar-refractivity contribution is 5.91. The van der Waals surface area contributed by atoms with Gasteiger partial charge in [0.15, 0.2) is 0 Å². The number of carbonyl (C=O) groups is 2. The van der Waals surface area contributed by atoms with E-state index in [2.05, 4.69) is 9.68 Å². The monoisotopic (exact) mass is 322 g/mol. The molecule has 4 atom stereocenters. The third kappa shape index (κ3) is 7.45. The van der Waals surface area contributed by atoms with E-state index in [-0.39, 0.29) is 0 Å². The molecule has 10 nitrogen and oxygen atoms in total. The third-order valence-electron chi connectivity index (χ3n) is 2.22. The minimum absolute atomic E-state index is 0.607. The second kappa shape index (κ2) is 9.46. The first-order chi connectivity index (χ1) is 10.1. The number of carbonyl (C=O) groups excluding carboxylic acids is 2. The molecule has 0 spiro atoms. The van der Waals surface area contributed by atoms with Crippen LogP contribution in [-0.4, -0.2) is 67.4 Å². The second-order valence-electron chi connectivity index (χ2n) is 4.40. The zero-order chi connectivity index (χ0) is 17.4. The average molecular weight is 322 g/mol. The standard InChI is InChI=1S/C12H22N2O8/c1-7(15)13(8(2)16)21-11(19)5-6-12(20)22-14(9(3)17)10(4)18/h5-10,15-18H,1-4H3/b6-5-. The van der Waals surface area contributed by atoms with Crippen LogP contribution in [0.25, 0.3) is 0 Å². The summed E-state index contributed by atoms with van der Waals surface area (Å²) in [5, 5.41) is 38.3. The van der Waals surface area contributed by atoms with Gasteiger partial charge in [0.05, 0.1) is 0 Å². The van der Waals surface area contributed by atoms with Gasteiger partial charge in [-0.15, -0.1) is 0 Å². The Balaban J connectivity index is 4.57. The van der Waals surface area contributed by atoms with Crippen molar-refractivity contribution in [3.05, 3.63) is 12.2 Å². The molecular formula is C12H22N2O8. The Morgan fingerprint density at radius 2 is 0.955 bits per heavy atom. The van der Waals surface area contributed by atoms with E-state index >= 15 is 0 Å². The Morgan fingerprint density at radius 3 is 1.14 bits per heavy atom.